The largest absolute Gasteiger partial charge is 0.493 e. The molecule has 0 radical (unpaired) electrons. The van der Waals surface area contributed by atoms with Crippen molar-refractivity contribution in [1.29, 1.82) is 0 Å². The van der Waals surface area contributed by atoms with E-state index in [2.05, 4.69) is 26.5 Å². The molecular weight excluding hydrogens is 344 g/mol. The zero-order valence-corrected chi connectivity index (χ0v) is 13.8. The van der Waals surface area contributed by atoms with Crippen molar-refractivity contribution in [3.05, 3.63) is 64.1 Å². The van der Waals surface area contributed by atoms with Crippen LogP contribution in [0.4, 0.5) is 0 Å². The van der Waals surface area contributed by atoms with E-state index < -0.39 is 0 Å². The maximum absolute atomic E-state index is 11.8. The fourth-order valence-corrected chi connectivity index (χ4v) is 2.38. The van der Waals surface area contributed by atoms with E-state index in [0.29, 0.717) is 13.0 Å². The lowest BCUT2D eigenvalue weighted by Crippen LogP contribution is -2.19. The van der Waals surface area contributed by atoms with Crippen molar-refractivity contribution in [2.45, 2.75) is 13.3 Å². The van der Waals surface area contributed by atoms with Gasteiger partial charge < -0.3 is 4.74 Å². The van der Waals surface area contributed by atoms with Crippen LogP contribution in [0.25, 0.3) is 0 Å². The zero-order valence-electron chi connectivity index (χ0n) is 12.3. The number of hydrogen-bond donors (Lipinski definition) is 1. The number of benzene rings is 2. The molecule has 1 amide bonds. The van der Waals surface area contributed by atoms with Crippen LogP contribution >= 0.6 is 15.9 Å². The molecule has 0 heterocycles. The Balaban J connectivity index is 1.89. The normalized spacial score (nSPS) is 10.6. The van der Waals surface area contributed by atoms with Gasteiger partial charge in [0.1, 0.15) is 5.75 Å². The van der Waals surface area contributed by atoms with Gasteiger partial charge in [-0.05, 0) is 52.2 Å². The summed E-state index contributed by atoms with van der Waals surface area (Å²) in [6, 6.07) is 15.2. The molecule has 0 aromatic heterocycles. The molecule has 0 aliphatic heterocycles. The summed E-state index contributed by atoms with van der Waals surface area (Å²) in [5.41, 5.74) is 4.35. The summed E-state index contributed by atoms with van der Waals surface area (Å²) >= 11 is 3.44. The number of hydrogen-bond acceptors (Lipinski definition) is 3. The molecule has 0 saturated heterocycles. The second-order valence-corrected chi connectivity index (χ2v) is 5.43. The number of ether oxygens (including phenoxy) is 1. The van der Waals surface area contributed by atoms with Crippen LogP contribution in [0, 0.1) is 0 Å². The Kier molecular flexibility index (Phi) is 6.15. The number of nitrogens with one attached hydrogen (secondary N) is 1. The lowest BCUT2D eigenvalue weighted by atomic mass is 10.1. The van der Waals surface area contributed by atoms with E-state index >= 15 is 0 Å². The molecule has 0 fully saturated rings. The maximum Gasteiger partial charge on any atom is 0.244 e. The number of amides is 1. The molecule has 2 aromatic carbocycles. The van der Waals surface area contributed by atoms with Gasteiger partial charge in [0.2, 0.25) is 5.91 Å². The summed E-state index contributed by atoms with van der Waals surface area (Å²) in [6.45, 7) is 2.55. The van der Waals surface area contributed by atoms with Gasteiger partial charge in [-0.1, -0.05) is 30.3 Å². The van der Waals surface area contributed by atoms with E-state index in [1.165, 1.54) is 0 Å². The van der Waals surface area contributed by atoms with Crippen LogP contribution in [-0.2, 0) is 11.2 Å². The first kappa shape index (κ1) is 16.2. The van der Waals surface area contributed by atoms with Gasteiger partial charge in [-0.15, -0.1) is 0 Å². The Morgan fingerprint density at radius 3 is 2.73 bits per heavy atom. The second kappa shape index (κ2) is 8.34. The molecule has 22 heavy (non-hydrogen) atoms. The third-order valence-electron chi connectivity index (χ3n) is 2.87. The number of nitrogens with zero attached hydrogens (tertiary/aromatic N) is 1. The lowest BCUT2D eigenvalue weighted by molar-refractivity contribution is -0.120. The highest BCUT2D eigenvalue weighted by atomic mass is 79.9. The number of carbonyl (C=O) groups excluding carboxylic acids is 1. The Hall–Kier alpha value is -2.14. The van der Waals surface area contributed by atoms with Gasteiger partial charge in [0.25, 0.3) is 0 Å². The van der Waals surface area contributed by atoms with E-state index in [9.17, 15) is 4.79 Å². The molecule has 1 N–H and O–H groups in total. The van der Waals surface area contributed by atoms with Gasteiger partial charge in [-0.2, -0.15) is 5.10 Å². The van der Waals surface area contributed by atoms with Crippen molar-refractivity contribution in [2.24, 2.45) is 5.10 Å². The quantitative estimate of drug-likeness (QED) is 0.632. The van der Waals surface area contributed by atoms with Crippen LogP contribution in [0.1, 0.15) is 18.1 Å². The molecule has 0 saturated carbocycles. The van der Waals surface area contributed by atoms with Crippen LogP contribution in [0.5, 0.6) is 5.75 Å². The highest BCUT2D eigenvalue weighted by Crippen LogP contribution is 2.25. The first-order valence-corrected chi connectivity index (χ1v) is 7.76. The molecule has 0 unspecified atom stereocenters. The Morgan fingerprint density at radius 1 is 1.27 bits per heavy atom. The number of rotatable bonds is 6. The number of halogens is 1. The van der Waals surface area contributed by atoms with Gasteiger partial charge in [0, 0.05) is 0 Å². The minimum atomic E-state index is -0.146. The summed E-state index contributed by atoms with van der Waals surface area (Å²) in [7, 11) is 0. The molecule has 5 heteroatoms. The predicted molar refractivity (Wildman–Crippen MR) is 91.2 cm³/mol. The molecule has 4 nitrogen and oxygen atoms in total. The van der Waals surface area contributed by atoms with Crippen molar-refractivity contribution in [3.8, 4) is 5.75 Å². The summed E-state index contributed by atoms with van der Waals surface area (Å²) in [4.78, 5) is 11.8. The standard InChI is InChI=1S/C17H17BrN2O2/c1-2-22-16-9-8-14(10-15(16)18)12-19-20-17(21)11-13-6-4-3-5-7-13/h3-10,12H,2,11H2,1H3,(H,20,21)/b19-12-. The van der Waals surface area contributed by atoms with Gasteiger partial charge in [0.05, 0.1) is 23.7 Å². The Morgan fingerprint density at radius 2 is 2.05 bits per heavy atom. The van der Waals surface area contributed by atoms with Crippen molar-refractivity contribution < 1.29 is 9.53 Å². The molecule has 2 aromatic rings. The average molecular weight is 361 g/mol. The monoisotopic (exact) mass is 360 g/mol. The molecular formula is C17H17BrN2O2. The van der Waals surface area contributed by atoms with E-state index in [1.807, 2.05) is 55.5 Å². The minimum Gasteiger partial charge on any atom is -0.493 e. The van der Waals surface area contributed by atoms with Gasteiger partial charge in [0.15, 0.2) is 0 Å². The topological polar surface area (TPSA) is 50.7 Å². The fraction of sp³-hybridized carbons (Fsp3) is 0.176. The van der Waals surface area contributed by atoms with Crippen LogP contribution in [0.2, 0.25) is 0 Å². The Labute approximate surface area is 138 Å². The molecule has 0 aliphatic rings. The second-order valence-electron chi connectivity index (χ2n) is 4.58. The van der Waals surface area contributed by atoms with Crippen LogP contribution in [0.3, 0.4) is 0 Å². The molecule has 0 aliphatic carbocycles. The van der Waals surface area contributed by atoms with Crippen molar-refractivity contribution in [1.82, 2.24) is 5.43 Å². The Bertz CT molecular complexity index is 657. The smallest absolute Gasteiger partial charge is 0.244 e. The van der Waals surface area contributed by atoms with Crippen molar-refractivity contribution in [3.63, 3.8) is 0 Å². The highest BCUT2D eigenvalue weighted by molar-refractivity contribution is 9.10. The van der Waals surface area contributed by atoms with E-state index in [-0.39, 0.29) is 5.91 Å². The third-order valence-corrected chi connectivity index (χ3v) is 3.49. The first-order chi connectivity index (χ1) is 10.7. The van der Waals surface area contributed by atoms with Gasteiger partial charge >= 0.3 is 0 Å². The predicted octanol–water partition coefficient (Wildman–Crippen LogP) is 3.54. The maximum atomic E-state index is 11.8. The van der Waals surface area contributed by atoms with Gasteiger partial charge in [-0.25, -0.2) is 5.43 Å². The molecule has 0 spiro atoms. The molecule has 0 bridgehead atoms. The average Bonchev–Trinajstić information content (AvgIpc) is 2.51. The highest BCUT2D eigenvalue weighted by Gasteiger charge is 2.02. The summed E-state index contributed by atoms with van der Waals surface area (Å²) in [5.74, 6) is 0.639. The van der Waals surface area contributed by atoms with Crippen molar-refractivity contribution >= 4 is 28.1 Å². The molecule has 114 valence electrons. The summed E-state index contributed by atoms with van der Waals surface area (Å²) in [6.07, 6.45) is 1.91. The van der Waals surface area contributed by atoms with Crippen LogP contribution in [-0.4, -0.2) is 18.7 Å². The summed E-state index contributed by atoms with van der Waals surface area (Å²) < 4.78 is 6.30. The fourth-order valence-electron chi connectivity index (χ4n) is 1.87. The summed E-state index contributed by atoms with van der Waals surface area (Å²) in [5, 5.41) is 3.97. The SMILES string of the molecule is CCOc1ccc(/C=N\NC(=O)Cc2ccccc2)cc1Br. The lowest BCUT2D eigenvalue weighted by Gasteiger charge is -2.05. The molecule has 2 rings (SSSR count). The molecule has 0 atom stereocenters. The van der Waals surface area contributed by atoms with Crippen LogP contribution < -0.4 is 10.2 Å². The number of hydrazone groups is 1. The van der Waals surface area contributed by atoms with Gasteiger partial charge in [-0.3, -0.25) is 4.79 Å². The third kappa shape index (κ3) is 5.00. The first-order valence-electron chi connectivity index (χ1n) is 6.97. The minimum absolute atomic E-state index is 0.146. The van der Waals surface area contributed by atoms with Crippen molar-refractivity contribution in [2.75, 3.05) is 6.61 Å². The van der Waals surface area contributed by atoms with E-state index in [4.69, 9.17) is 4.74 Å². The van der Waals surface area contributed by atoms with E-state index in [0.717, 1.165) is 21.3 Å². The van der Waals surface area contributed by atoms with Crippen LogP contribution in [0.15, 0.2) is 58.1 Å². The number of carbonyl (C=O) groups is 1. The zero-order chi connectivity index (χ0) is 15.8. The van der Waals surface area contributed by atoms with E-state index in [1.54, 1.807) is 6.21 Å².